The molecule has 0 aromatic heterocycles. The first-order valence-corrected chi connectivity index (χ1v) is 13.6. The van der Waals surface area contributed by atoms with Crippen LogP contribution < -0.4 is 0 Å². The molecule has 0 nitrogen and oxygen atoms in total. The van der Waals surface area contributed by atoms with Gasteiger partial charge in [0.1, 0.15) is 11.7 Å². The van der Waals surface area contributed by atoms with Gasteiger partial charge in [0, 0.05) is 11.8 Å². The largest absolute Gasteiger partial charge is 0.209 e. The molecule has 0 saturated heterocycles. The first-order chi connectivity index (χ1) is 16.4. The number of halogens is 4. The summed E-state index contributed by atoms with van der Waals surface area (Å²) in [6.45, 7) is 3.93. The number of rotatable bonds is 6. The van der Waals surface area contributed by atoms with Crippen molar-refractivity contribution in [2.75, 3.05) is 0 Å². The van der Waals surface area contributed by atoms with Crippen LogP contribution in [0.1, 0.15) is 114 Å². The molecule has 0 spiro atoms. The minimum absolute atomic E-state index is 0.0260. The predicted molar refractivity (Wildman–Crippen MR) is 131 cm³/mol. The molecule has 4 heteroatoms. The molecule has 1 aromatic rings. The zero-order valence-electron chi connectivity index (χ0n) is 20.8. The van der Waals surface area contributed by atoms with Crippen molar-refractivity contribution in [3.63, 3.8) is 0 Å². The van der Waals surface area contributed by atoms with E-state index in [0.29, 0.717) is 24.0 Å². The Balaban J connectivity index is 1.34. The van der Waals surface area contributed by atoms with E-state index in [1.54, 1.807) is 6.92 Å². The molecule has 4 rings (SSSR count). The van der Waals surface area contributed by atoms with E-state index < -0.39 is 29.2 Å². The van der Waals surface area contributed by atoms with Crippen molar-refractivity contribution < 1.29 is 17.6 Å². The van der Waals surface area contributed by atoms with Crippen LogP contribution in [-0.4, -0.2) is 0 Å². The third-order valence-corrected chi connectivity index (χ3v) is 8.85. The number of allylic oxidation sites excluding steroid dienone is 4. The number of hydrogen-bond donors (Lipinski definition) is 0. The molecule has 0 N–H and O–H groups in total. The van der Waals surface area contributed by atoms with Crippen molar-refractivity contribution in [1.82, 2.24) is 0 Å². The van der Waals surface area contributed by atoms with Gasteiger partial charge in [0.25, 0.3) is 0 Å². The molecule has 34 heavy (non-hydrogen) atoms. The lowest BCUT2D eigenvalue weighted by Gasteiger charge is -2.30. The van der Waals surface area contributed by atoms with Crippen LogP contribution in [-0.2, 0) is 0 Å². The van der Waals surface area contributed by atoms with Crippen molar-refractivity contribution in [1.29, 1.82) is 0 Å². The smallest absolute Gasteiger partial charge is 0.162 e. The molecule has 0 heterocycles. The zero-order chi connectivity index (χ0) is 24.2. The summed E-state index contributed by atoms with van der Waals surface area (Å²) in [5, 5.41) is 0. The topological polar surface area (TPSA) is 0 Å². The van der Waals surface area contributed by atoms with Crippen molar-refractivity contribution in [2.24, 2.45) is 23.7 Å². The van der Waals surface area contributed by atoms with E-state index in [2.05, 4.69) is 6.92 Å². The van der Waals surface area contributed by atoms with E-state index in [1.165, 1.54) is 12.8 Å². The highest BCUT2D eigenvalue weighted by Crippen LogP contribution is 2.43. The SMILES string of the molecule is CCCC1CCC(c2ccc(C3CCC(/C=C/C4CCC(C)C(F)=C4F)CC3)c(F)c2F)CC1. The van der Waals surface area contributed by atoms with Gasteiger partial charge >= 0.3 is 0 Å². The van der Waals surface area contributed by atoms with Crippen molar-refractivity contribution >= 4 is 0 Å². The maximum absolute atomic E-state index is 15.1. The second-order valence-corrected chi connectivity index (χ2v) is 11.2. The van der Waals surface area contributed by atoms with Gasteiger partial charge in [-0.05, 0) is 99.0 Å². The van der Waals surface area contributed by atoms with Crippen LogP contribution in [0.5, 0.6) is 0 Å². The van der Waals surface area contributed by atoms with Gasteiger partial charge in [0.2, 0.25) is 0 Å². The molecule has 0 radical (unpaired) electrons. The quantitative estimate of drug-likeness (QED) is 0.283. The second-order valence-electron chi connectivity index (χ2n) is 11.2. The zero-order valence-corrected chi connectivity index (χ0v) is 20.8. The van der Waals surface area contributed by atoms with Crippen LogP contribution in [0.2, 0.25) is 0 Å². The normalized spacial score (nSPS) is 33.0. The first kappa shape index (κ1) is 25.5. The molecule has 0 bridgehead atoms. The van der Waals surface area contributed by atoms with Crippen molar-refractivity contribution in [3.8, 4) is 0 Å². The summed E-state index contributed by atoms with van der Waals surface area (Å²) < 4.78 is 58.3. The van der Waals surface area contributed by atoms with E-state index >= 15 is 8.78 Å². The van der Waals surface area contributed by atoms with Crippen LogP contribution in [0.3, 0.4) is 0 Å². The van der Waals surface area contributed by atoms with E-state index in [9.17, 15) is 8.78 Å². The highest BCUT2D eigenvalue weighted by atomic mass is 19.2. The molecule has 0 aliphatic heterocycles. The Morgan fingerprint density at radius 1 is 0.706 bits per heavy atom. The standard InChI is InChI=1S/C30H40F4/c1-3-4-20-6-12-22(13-7-20)25-17-18-26(30(34)29(25)33)23-14-8-21(9-15-23)10-16-24-11-5-19(2)27(31)28(24)32/h10,16-24H,3-9,11-15H2,1-2H3/b16-10+. The van der Waals surface area contributed by atoms with E-state index in [1.807, 2.05) is 24.3 Å². The van der Waals surface area contributed by atoms with Crippen LogP contribution in [0.4, 0.5) is 17.6 Å². The summed E-state index contributed by atoms with van der Waals surface area (Å²) in [6.07, 6.45) is 15.1. The van der Waals surface area contributed by atoms with E-state index in [-0.39, 0.29) is 23.7 Å². The Morgan fingerprint density at radius 3 is 1.82 bits per heavy atom. The molecular formula is C30H40F4. The Hall–Kier alpha value is -1.58. The van der Waals surface area contributed by atoms with Gasteiger partial charge in [-0.25, -0.2) is 17.6 Å². The lowest BCUT2D eigenvalue weighted by atomic mass is 9.75. The summed E-state index contributed by atoms with van der Waals surface area (Å²) in [4.78, 5) is 0. The van der Waals surface area contributed by atoms with Crippen molar-refractivity contribution in [3.05, 3.63) is 58.7 Å². The Kier molecular flexibility index (Phi) is 8.58. The van der Waals surface area contributed by atoms with Gasteiger partial charge < -0.3 is 0 Å². The summed E-state index contributed by atoms with van der Waals surface area (Å²) in [6, 6.07) is 3.68. The summed E-state index contributed by atoms with van der Waals surface area (Å²) in [5.41, 5.74) is 1.08. The maximum atomic E-state index is 15.1. The lowest BCUT2D eigenvalue weighted by molar-refractivity contribution is 0.302. The number of benzene rings is 1. The molecule has 3 aliphatic carbocycles. The molecule has 2 atom stereocenters. The Labute approximate surface area is 202 Å². The fourth-order valence-corrected chi connectivity index (χ4v) is 6.57. The third-order valence-electron chi connectivity index (χ3n) is 8.85. The number of hydrogen-bond acceptors (Lipinski definition) is 0. The monoisotopic (exact) mass is 476 g/mol. The predicted octanol–water partition coefficient (Wildman–Crippen LogP) is 10.1. The van der Waals surface area contributed by atoms with Gasteiger partial charge in [-0.1, -0.05) is 51.0 Å². The fourth-order valence-electron chi connectivity index (χ4n) is 6.57. The summed E-state index contributed by atoms with van der Waals surface area (Å²) in [7, 11) is 0. The summed E-state index contributed by atoms with van der Waals surface area (Å²) in [5.74, 6) is -2.07. The lowest BCUT2D eigenvalue weighted by Crippen LogP contribution is -2.17. The van der Waals surface area contributed by atoms with Crippen LogP contribution >= 0.6 is 0 Å². The molecular weight excluding hydrogens is 436 g/mol. The molecule has 188 valence electrons. The van der Waals surface area contributed by atoms with Gasteiger partial charge in [0.05, 0.1) is 0 Å². The average molecular weight is 477 g/mol. The highest BCUT2D eigenvalue weighted by molar-refractivity contribution is 5.32. The average Bonchev–Trinajstić information content (AvgIpc) is 2.85. The molecule has 2 saturated carbocycles. The molecule has 2 fully saturated rings. The second kappa shape index (κ2) is 11.4. The fraction of sp³-hybridized carbons (Fsp3) is 0.667. The third kappa shape index (κ3) is 5.62. The van der Waals surface area contributed by atoms with Gasteiger partial charge in [-0.2, -0.15) is 0 Å². The van der Waals surface area contributed by atoms with Crippen LogP contribution in [0, 0.1) is 35.3 Å². The Bertz CT molecular complexity index is 885. The maximum Gasteiger partial charge on any atom is 0.162 e. The van der Waals surface area contributed by atoms with Gasteiger partial charge in [0.15, 0.2) is 11.6 Å². The summed E-state index contributed by atoms with van der Waals surface area (Å²) >= 11 is 0. The first-order valence-electron chi connectivity index (χ1n) is 13.6. The molecule has 2 unspecified atom stereocenters. The van der Waals surface area contributed by atoms with Crippen LogP contribution in [0.25, 0.3) is 0 Å². The van der Waals surface area contributed by atoms with Gasteiger partial charge in [-0.3, -0.25) is 0 Å². The molecule has 0 amide bonds. The molecule has 1 aromatic carbocycles. The minimum atomic E-state index is -0.647. The van der Waals surface area contributed by atoms with Gasteiger partial charge in [-0.15, -0.1) is 0 Å². The Morgan fingerprint density at radius 2 is 1.26 bits per heavy atom. The van der Waals surface area contributed by atoms with Crippen LogP contribution in [0.15, 0.2) is 35.9 Å². The van der Waals surface area contributed by atoms with Crippen molar-refractivity contribution in [2.45, 2.75) is 103 Å². The van der Waals surface area contributed by atoms with E-state index in [4.69, 9.17) is 0 Å². The minimum Gasteiger partial charge on any atom is -0.209 e. The molecule has 3 aliphatic rings. The highest BCUT2D eigenvalue weighted by Gasteiger charge is 2.30. The van der Waals surface area contributed by atoms with E-state index in [0.717, 1.165) is 57.3 Å².